The first-order valence-corrected chi connectivity index (χ1v) is 13.2. The van der Waals surface area contributed by atoms with Crippen LogP contribution >= 0.6 is 0 Å². The Morgan fingerprint density at radius 1 is 1.06 bits per heavy atom. The molecule has 2 aliphatic rings. The molecule has 1 saturated carbocycles. The molecule has 3 heterocycles. The summed E-state index contributed by atoms with van der Waals surface area (Å²) in [6, 6.07) is 10.7. The molecule has 186 valence electrons. The lowest BCUT2D eigenvalue weighted by Gasteiger charge is -2.32. The second-order valence-electron chi connectivity index (χ2n) is 10.3. The van der Waals surface area contributed by atoms with Gasteiger partial charge in [0, 0.05) is 62.3 Å². The van der Waals surface area contributed by atoms with E-state index >= 15 is 0 Å². The van der Waals surface area contributed by atoms with Crippen molar-refractivity contribution >= 4 is 17.0 Å². The van der Waals surface area contributed by atoms with Crippen molar-refractivity contribution in [2.24, 2.45) is 0 Å². The maximum atomic E-state index is 13.7. The Balaban J connectivity index is 1.35. The molecular weight excluding hydrogens is 436 g/mol. The van der Waals surface area contributed by atoms with Gasteiger partial charge in [0.1, 0.15) is 5.65 Å². The van der Waals surface area contributed by atoms with Crippen LogP contribution in [-0.2, 0) is 6.42 Å². The number of benzene rings is 1. The van der Waals surface area contributed by atoms with Gasteiger partial charge in [-0.25, -0.2) is 4.98 Å². The predicted octanol–water partition coefficient (Wildman–Crippen LogP) is 3.86. The molecule has 3 aromatic rings. The van der Waals surface area contributed by atoms with Gasteiger partial charge >= 0.3 is 0 Å². The largest absolute Gasteiger partial charge is 0.354 e. The molecule has 1 N–H and O–H groups in total. The Morgan fingerprint density at radius 3 is 2.54 bits per heavy atom. The Morgan fingerprint density at radius 2 is 1.80 bits per heavy atom. The Kier molecular flexibility index (Phi) is 7.44. The smallest absolute Gasteiger partial charge is 0.256 e. The van der Waals surface area contributed by atoms with E-state index in [0.29, 0.717) is 12.4 Å². The summed E-state index contributed by atoms with van der Waals surface area (Å²) in [6.07, 6.45) is 7.99. The number of aromatic nitrogens is 3. The topological polar surface area (TPSA) is 66.3 Å². The average molecular weight is 475 g/mol. The summed E-state index contributed by atoms with van der Waals surface area (Å²) in [7, 11) is 2.19. The van der Waals surface area contributed by atoms with Gasteiger partial charge in [-0.3, -0.25) is 9.36 Å². The molecule has 1 aromatic carbocycles. The predicted molar refractivity (Wildman–Crippen MR) is 142 cm³/mol. The summed E-state index contributed by atoms with van der Waals surface area (Å²) in [6.45, 7) is 8.57. The molecule has 1 aliphatic heterocycles. The van der Waals surface area contributed by atoms with Crippen molar-refractivity contribution in [1.29, 1.82) is 0 Å². The van der Waals surface area contributed by atoms with Crippen LogP contribution < -0.4 is 10.9 Å². The first-order valence-electron chi connectivity index (χ1n) is 13.2. The van der Waals surface area contributed by atoms with E-state index in [1.54, 1.807) is 0 Å². The average Bonchev–Trinajstić information content (AvgIpc) is 3.39. The van der Waals surface area contributed by atoms with E-state index in [0.717, 1.165) is 80.7 Å². The molecule has 0 unspecified atom stereocenters. The van der Waals surface area contributed by atoms with Crippen molar-refractivity contribution in [2.45, 2.75) is 51.5 Å². The Hall–Kier alpha value is -2.77. The molecule has 2 aromatic heterocycles. The Labute approximate surface area is 208 Å². The minimum Gasteiger partial charge on any atom is -0.354 e. The first kappa shape index (κ1) is 23.9. The summed E-state index contributed by atoms with van der Waals surface area (Å²) in [5.74, 6) is 0.619. The third kappa shape index (κ3) is 5.73. The molecule has 35 heavy (non-hydrogen) atoms. The number of nitrogens with one attached hydrogen (secondary N) is 1. The minimum absolute atomic E-state index is 0.102. The maximum Gasteiger partial charge on any atom is 0.256 e. The lowest BCUT2D eigenvalue weighted by molar-refractivity contribution is 0.154. The lowest BCUT2D eigenvalue weighted by Crippen LogP contribution is -2.44. The molecule has 0 radical (unpaired) electrons. The maximum absolute atomic E-state index is 13.7. The third-order valence-corrected chi connectivity index (χ3v) is 7.58. The molecule has 1 saturated heterocycles. The molecule has 1 aliphatic carbocycles. The number of fused-ring (bicyclic) bond motifs is 1. The highest BCUT2D eigenvalue weighted by Gasteiger charge is 2.23. The summed E-state index contributed by atoms with van der Waals surface area (Å²) >= 11 is 0. The Bertz CT molecular complexity index is 1190. The monoisotopic (exact) mass is 474 g/mol. The quantitative estimate of drug-likeness (QED) is 0.500. The number of piperazine rings is 1. The zero-order valence-electron chi connectivity index (χ0n) is 21.2. The van der Waals surface area contributed by atoms with E-state index in [-0.39, 0.29) is 11.6 Å². The highest BCUT2D eigenvalue weighted by atomic mass is 16.1. The fourth-order valence-electron chi connectivity index (χ4n) is 5.39. The number of hydrogen-bond donors (Lipinski definition) is 1. The summed E-state index contributed by atoms with van der Waals surface area (Å²) in [5, 5.41) is 4.35. The summed E-state index contributed by atoms with van der Waals surface area (Å²) < 4.78 is 1.98. The van der Waals surface area contributed by atoms with Crippen LogP contribution in [0.1, 0.15) is 54.8 Å². The van der Waals surface area contributed by atoms with Gasteiger partial charge in [-0.05, 0) is 51.4 Å². The van der Waals surface area contributed by atoms with Gasteiger partial charge in [-0.15, -0.1) is 0 Å². The number of hydrogen-bond acceptors (Lipinski definition) is 6. The van der Waals surface area contributed by atoms with E-state index in [1.807, 2.05) is 16.8 Å². The molecule has 0 spiro atoms. The van der Waals surface area contributed by atoms with Gasteiger partial charge in [-0.2, -0.15) is 4.98 Å². The molecule has 7 heteroatoms. The number of anilines is 1. The van der Waals surface area contributed by atoms with Crippen molar-refractivity contribution in [3.8, 4) is 0 Å². The molecule has 0 bridgehead atoms. The van der Waals surface area contributed by atoms with Gasteiger partial charge < -0.3 is 15.1 Å². The van der Waals surface area contributed by atoms with Crippen molar-refractivity contribution in [2.75, 3.05) is 51.6 Å². The van der Waals surface area contributed by atoms with Gasteiger partial charge in [0.15, 0.2) is 0 Å². The normalized spacial score (nSPS) is 17.9. The van der Waals surface area contributed by atoms with Crippen LogP contribution in [0.2, 0.25) is 0 Å². The van der Waals surface area contributed by atoms with E-state index in [1.165, 1.54) is 18.4 Å². The lowest BCUT2D eigenvalue weighted by atomic mass is 10.0. The fraction of sp³-hybridized carbons (Fsp3) is 0.536. The van der Waals surface area contributed by atoms with E-state index < -0.39 is 0 Å². The van der Waals surface area contributed by atoms with Crippen LogP contribution in [0.4, 0.5) is 5.95 Å². The number of nitrogens with zero attached hydrogens (tertiary/aromatic N) is 5. The van der Waals surface area contributed by atoms with Crippen molar-refractivity contribution in [1.82, 2.24) is 24.3 Å². The van der Waals surface area contributed by atoms with Crippen LogP contribution in [0.5, 0.6) is 0 Å². The van der Waals surface area contributed by atoms with E-state index in [9.17, 15) is 4.79 Å². The highest BCUT2D eigenvalue weighted by Crippen LogP contribution is 2.31. The minimum atomic E-state index is 0.102. The van der Waals surface area contributed by atoms with Gasteiger partial charge in [0.2, 0.25) is 5.95 Å². The standard InChI is InChI=1S/C28H38N6O/c1-21-8-10-22(11-9-21)18-23-19-24-20-30-28(29-12-5-13-33-16-14-32(2)15-17-33)31-26(24)34(27(23)35)25-6-3-4-7-25/h8-11,19-20,25H,3-7,12-18H2,1-2H3,(H,29,30,31). The number of aryl methyl sites for hydroxylation is 1. The van der Waals surface area contributed by atoms with E-state index in [2.05, 4.69) is 58.3 Å². The zero-order valence-corrected chi connectivity index (χ0v) is 21.2. The van der Waals surface area contributed by atoms with Gasteiger partial charge in [0.05, 0.1) is 0 Å². The number of pyridine rings is 1. The van der Waals surface area contributed by atoms with Crippen LogP contribution in [0.3, 0.4) is 0 Å². The number of rotatable bonds is 8. The first-order chi connectivity index (χ1) is 17.1. The molecule has 7 nitrogen and oxygen atoms in total. The molecule has 0 atom stereocenters. The van der Waals surface area contributed by atoms with Crippen LogP contribution in [-0.4, -0.2) is 70.7 Å². The molecule has 5 rings (SSSR count). The van der Waals surface area contributed by atoms with Crippen LogP contribution in [0.25, 0.3) is 11.0 Å². The van der Waals surface area contributed by atoms with Crippen LogP contribution in [0, 0.1) is 6.92 Å². The SMILES string of the molecule is Cc1ccc(Cc2cc3cnc(NCCCN4CCN(C)CC4)nc3n(C3CCCC3)c2=O)cc1. The second-order valence-corrected chi connectivity index (χ2v) is 10.3. The zero-order chi connectivity index (χ0) is 24.2. The van der Waals surface area contributed by atoms with Crippen LogP contribution in [0.15, 0.2) is 41.3 Å². The fourth-order valence-corrected chi connectivity index (χ4v) is 5.39. The van der Waals surface area contributed by atoms with Gasteiger partial charge in [-0.1, -0.05) is 42.7 Å². The third-order valence-electron chi connectivity index (χ3n) is 7.58. The molecule has 2 fully saturated rings. The second kappa shape index (κ2) is 10.9. The van der Waals surface area contributed by atoms with Gasteiger partial charge in [0.25, 0.3) is 5.56 Å². The van der Waals surface area contributed by atoms with Crippen molar-refractivity contribution in [3.63, 3.8) is 0 Å². The van der Waals surface area contributed by atoms with E-state index in [4.69, 9.17) is 4.98 Å². The van der Waals surface area contributed by atoms with Crippen molar-refractivity contribution < 1.29 is 0 Å². The summed E-state index contributed by atoms with van der Waals surface area (Å²) in [5.41, 5.74) is 4.08. The highest BCUT2D eigenvalue weighted by molar-refractivity contribution is 5.76. The summed E-state index contributed by atoms with van der Waals surface area (Å²) in [4.78, 5) is 28.0. The molecular formula is C28H38N6O. The number of likely N-dealkylation sites (N-methyl/N-ethyl adjacent to an activating group) is 1. The molecule has 0 amide bonds. The van der Waals surface area contributed by atoms with Crippen molar-refractivity contribution in [3.05, 3.63) is 63.6 Å².